The van der Waals surface area contributed by atoms with E-state index in [2.05, 4.69) is 17.1 Å². The molecule has 0 aliphatic heterocycles. The lowest BCUT2D eigenvalue weighted by molar-refractivity contribution is 0.414. The molecule has 0 heterocycles. The molecule has 0 radical (unpaired) electrons. The van der Waals surface area contributed by atoms with E-state index in [0.717, 1.165) is 11.3 Å². The van der Waals surface area contributed by atoms with Crippen LogP contribution >= 0.6 is 0 Å². The highest BCUT2D eigenvalue weighted by atomic mass is 16.5. The molecule has 0 saturated heterocycles. The molecule has 0 aromatic heterocycles. The molecule has 2 rings (SSSR count). The van der Waals surface area contributed by atoms with Crippen LogP contribution < -0.4 is 4.74 Å². The van der Waals surface area contributed by atoms with Gasteiger partial charge < -0.3 is 4.74 Å². The molecular weight excluding hydrogens is 210 g/mol. The highest BCUT2D eigenvalue weighted by Gasteiger charge is 1.96. The number of benzene rings is 2. The Morgan fingerprint density at radius 1 is 1.00 bits per heavy atom. The summed E-state index contributed by atoms with van der Waals surface area (Å²) in [6.45, 7) is 0.693. The Balaban J connectivity index is 2.06. The molecule has 2 heteroatoms. The van der Waals surface area contributed by atoms with Crippen molar-refractivity contribution in [3.63, 3.8) is 0 Å². The first-order chi connectivity index (χ1) is 8.40. The van der Waals surface area contributed by atoms with Crippen molar-refractivity contribution in [3.05, 3.63) is 65.7 Å². The summed E-state index contributed by atoms with van der Waals surface area (Å²) in [6, 6.07) is 18.0. The van der Waals surface area contributed by atoms with Crippen LogP contribution in [0.2, 0.25) is 0 Å². The quantitative estimate of drug-likeness (QED) is 0.731. The van der Waals surface area contributed by atoms with Crippen molar-refractivity contribution < 1.29 is 4.74 Å². The minimum Gasteiger partial charge on any atom is -0.496 e. The lowest BCUT2D eigenvalue weighted by Crippen LogP contribution is -1.90. The average molecular weight is 225 g/mol. The van der Waals surface area contributed by atoms with Gasteiger partial charge in [-0.15, -0.1) is 0 Å². The van der Waals surface area contributed by atoms with Gasteiger partial charge in [0.2, 0.25) is 0 Å². The molecule has 0 aliphatic rings. The van der Waals surface area contributed by atoms with Crippen molar-refractivity contribution in [2.24, 2.45) is 4.99 Å². The predicted octanol–water partition coefficient (Wildman–Crippen LogP) is 3.31. The fourth-order valence-corrected chi connectivity index (χ4v) is 1.61. The van der Waals surface area contributed by atoms with Crippen LogP contribution in [-0.2, 0) is 6.54 Å². The van der Waals surface area contributed by atoms with E-state index in [1.54, 1.807) is 7.11 Å². The minimum atomic E-state index is 0.693. The monoisotopic (exact) mass is 225 g/mol. The molecule has 2 nitrogen and oxygen atoms in total. The van der Waals surface area contributed by atoms with Crippen molar-refractivity contribution in [3.8, 4) is 5.75 Å². The van der Waals surface area contributed by atoms with Crippen LogP contribution in [0.25, 0.3) is 0 Å². The van der Waals surface area contributed by atoms with Crippen LogP contribution in [0.15, 0.2) is 59.6 Å². The number of hydrogen-bond donors (Lipinski definition) is 0. The molecule has 0 unspecified atom stereocenters. The summed E-state index contributed by atoms with van der Waals surface area (Å²) in [7, 11) is 1.67. The zero-order valence-electron chi connectivity index (χ0n) is 9.84. The summed E-state index contributed by atoms with van der Waals surface area (Å²) in [5, 5.41) is 0. The van der Waals surface area contributed by atoms with Crippen molar-refractivity contribution in [1.29, 1.82) is 0 Å². The normalized spacial score (nSPS) is 10.6. The molecule has 2 aromatic carbocycles. The third-order valence-electron chi connectivity index (χ3n) is 2.49. The smallest absolute Gasteiger partial charge is 0.127 e. The molecule has 0 fully saturated rings. The van der Waals surface area contributed by atoms with E-state index < -0.39 is 0 Å². The first-order valence-electron chi connectivity index (χ1n) is 5.57. The third kappa shape index (κ3) is 3.18. The molecule has 86 valence electrons. The minimum absolute atomic E-state index is 0.693. The maximum absolute atomic E-state index is 5.26. The summed E-state index contributed by atoms with van der Waals surface area (Å²) in [4.78, 5) is 4.42. The fraction of sp³-hybridized carbons (Fsp3) is 0.133. The van der Waals surface area contributed by atoms with E-state index >= 15 is 0 Å². The van der Waals surface area contributed by atoms with Gasteiger partial charge in [-0.2, -0.15) is 0 Å². The number of para-hydroxylation sites is 1. The van der Waals surface area contributed by atoms with Crippen LogP contribution in [0.5, 0.6) is 5.75 Å². The molecule has 0 saturated carbocycles. The van der Waals surface area contributed by atoms with Gasteiger partial charge in [0.05, 0.1) is 13.7 Å². The number of aliphatic imine (C=N–C) groups is 1. The van der Waals surface area contributed by atoms with E-state index in [1.807, 2.05) is 48.7 Å². The van der Waals surface area contributed by atoms with Crippen molar-refractivity contribution >= 4 is 6.21 Å². The van der Waals surface area contributed by atoms with Gasteiger partial charge in [-0.25, -0.2) is 0 Å². The first kappa shape index (κ1) is 11.4. The van der Waals surface area contributed by atoms with Gasteiger partial charge >= 0.3 is 0 Å². The van der Waals surface area contributed by atoms with Gasteiger partial charge in [0, 0.05) is 11.8 Å². The predicted molar refractivity (Wildman–Crippen MR) is 70.7 cm³/mol. The second-order valence-electron chi connectivity index (χ2n) is 3.70. The van der Waals surface area contributed by atoms with E-state index in [0.29, 0.717) is 6.54 Å². The lowest BCUT2D eigenvalue weighted by Gasteiger charge is -2.02. The van der Waals surface area contributed by atoms with Crippen LogP contribution in [0, 0.1) is 0 Å². The van der Waals surface area contributed by atoms with Gasteiger partial charge in [0.25, 0.3) is 0 Å². The lowest BCUT2D eigenvalue weighted by atomic mass is 10.2. The maximum atomic E-state index is 5.26. The summed E-state index contributed by atoms with van der Waals surface area (Å²) in [5.41, 5.74) is 2.21. The molecular formula is C15H15NO. The Hall–Kier alpha value is -2.09. The standard InChI is InChI=1S/C15H15NO/c1-17-15-10-6-5-9-14(15)12-16-11-13-7-3-2-4-8-13/h2-10,12H,11H2,1H3. The Morgan fingerprint density at radius 3 is 2.47 bits per heavy atom. The molecule has 0 amide bonds. The Kier molecular flexibility index (Phi) is 3.92. The Labute approximate surface area is 102 Å². The zero-order valence-corrected chi connectivity index (χ0v) is 9.84. The molecule has 2 aromatic rings. The topological polar surface area (TPSA) is 21.6 Å². The summed E-state index contributed by atoms with van der Waals surface area (Å²) in [6.07, 6.45) is 1.85. The summed E-state index contributed by atoms with van der Waals surface area (Å²) >= 11 is 0. The maximum Gasteiger partial charge on any atom is 0.127 e. The second kappa shape index (κ2) is 5.85. The van der Waals surface area contributed by atoms with Gasteiger partial charge in [0.1, 0.15) is 5.75 Å². The number of ether oxygens (including phenoxy) is 1. The SMILES string of the molecule is COc1ccccc1C=NCc1ccccc1. The van der Waals surface area contributed by atoms with E-state index in [9.17, 15) is 0 Å². The van der Waals surface area contributed by atoms with E-state index in [4.69, 9.17) is 4.74 Å². The molecule has 0 bridgehead atoms. The molecule has 0 aliphatic carbocycles. The van der Waals surface area contributed by atoms with Gasteiger partial charge in [-0.05, 0) is 17.7 Å². The van der Waals surface area contributed by atoms with Crippen molar-refractivity contribution in [2.45, 2.75) is 6.54 Å². The number of hydrogen-bond acceptors (Lipinski definition) is 2. The average Bonchev–Trinajstić information content (AvgIpc) is 2.40. The number of nitrogens with zero attached hydrogens (tertiary/aromatic N) is 1. The summed E-state index contributed by atoms with van der Waals surface area (Å²) < 4.78 is 5.26. The van der Waals surface area contributed by atoms with Crippen LogP contribution in [0.1, 0.15) is 11.1 Å². The van der Waals surface area contributed by atoms with E-state index in [1.165, 1.54) is 5.56 Å². The van der Waals surface area contributed by atoms with Gasteiger partial charge in [-0.3, -0.25) is 4.99 Å². The van der Waals surface area contributed by atoms with Gasteiger partial charge in [0.15, 0.2) is 0 Å². The number of rotatable bonds is 4. The Bertz CT molecular complexity index is 491. The largest absolute Gasteiger partial charge is 0.496 e. The van der Waals surface area contributed by atoms with Crippen molar-refractivity contribution in [1.82, 2.24) is 0 Å². The third-order valence-corrected chi connectivity index (χ3v) is 2.49. The summed E-state index contributed by atoms with van der Waals surface area (Å²) in [5.74, 6) is 0.851. The van der Waals surface area contributed by atoms with Gasteiger partial charge in [-0.1, -0.05) is 42.5 Å². The van der Waals surface area contributed by atoms with E-state index in [-0.39, 0.29) is 0 Å². The fourth-order valence-electron chi connectivity index (χ4n) is 1.61. The molecule has 0 spiro atoms. The molecule has 17 heavy (non-hydrogen) atoms. The Morgan fingerprint density at radius 2 is 1.71 bits per heavy atom. The molecule has 0 atom stereocenters. The highest BCUT2D eigenvalue weighted by molar-refractivity contribution is 5.83. The first-order valence-corrected chi connectivity index (χ1v) is 5.57. The zero-order chi connectivity index (χ0) is 11.9. The van der Waals surface area contributed by atoms with Crippen LogP contribution in [0.4, 0.5) is 0 Å². The highest BCUT2D eigenvalue weighted by Crippen LogP contribution is 2.14. The van der Waals surface area contributed by atoms with Crippen LogP contribution in [-0.4, -0.2) is 13.3 Å². The second-order valence-corrected chi connectivity index (χ2v) is 3.70. The van der Waals surface area contributed by atoms with Crippen LogP contribution in [0.3, 0.4) is 0 Å². The molecule has 0 N–H and O–H groups in total. The number of methoxy groups -OCH3 is 1. The van der Waals surface area contributed by atoms with Crippen molar-refractivity contribution in [2.75, 3.05) is 7.11 Å².